The molecule has 0 aromatic carbocycles. The Hall–Kier alpha value is -0.800. The van der Waals surface area contributed by atoms with E-state index in [4.69, 9.17) is 4.74 Å². The Morgan fingerprint density at radius 2 is 2.10 bits per heavy atom. The van der Waals surface area contributed by atoms with Crippen LogP contribution in [0.5, 0.6) is 5.88 Å². The molecule has 7 heteroatoms. The monoisotopic (exact) mass is 475 g/mol. The molecule has 0 spiro atoms. The summed E-state index contributed by atoms with van der Waals surface area (Å²) >= 11 is 5.77. The summed E-state index contributed by atoms with van der Waals surface area (Å²) in [5.41, 5.74) is 4.32. The smallest absolute Gasteiger partial charge is 0.212 e. The van der Waals surface area contributed by atoms with Crippen molar-refractivity contribution >= 4 is 57.3 Å². The minimum absolute atomic E-state index is 0.614. The van der Waals surface area contributed by atoms with Gasteiger partial charge in [-0.1, -0.05) is 0 Å². The van der Waals surface area contributed by atoms with Crippen LogP contribution >= 0.6 is 46.3 Å². The Labute approximate surface area is 147 Å². The van der Waals surface area contributed by atoms with Gasteiger partial charge in [0.05, 0.1) is 7.11 Å². The summed E-state index contributed by atoms with van der Waals surface area (Å²) < 4.78 is 8.22. The van der Waals surface area contributed by atoms with Crippen molar-refractivity contribution in [2.24, 2.45) is 0 Å². The Balaban J connectivity index is 2.29. The molecule has 0 unspecified atom stereocenters. The van der Waals surface area contributed by atoms with E-state index in [0.717, 1.165) is 32.3 Å². The quantitative estimate of drug-likeness (QED) is 0.498. The number of pyridine rings is 2. The topological polar surface area (TPSA) is 39.9 Å². The fraction of sp³-hybridized carbons (Fsp3) is 0.143. The molecule has 0 fully saturated rings. The van der Waals surface area contributed by atoms with Crippen LogP contribution in [0.1, 0.15) is 5.69 Å². The fourth-order valence-electron chi connectivity index (χ4n) is 2.33. The van der Waals surface area contributed by atoms with Gasteiger partial charge in [0.15, 0.2) is 5.65 Å². The molecule has 3 aromatic heterocycles. The predicted molar refractivity (Wildman–Crippen MR) is 99.0 cm³/mol. The largest absolute Gasteiger partial charge is 0.481 e. The van der Waals surface area contributed by atoms with E-state index < -0.39 is 0 Å². The molecule has 0 radical (unpaired) electrons. The van der Waals surface area contributed by atoms with Crippen LogP contribution in [-0.4, -0.2) is 21.1 Å². The lowest BCUT2D eigenvalue weighted by Crippen LogP contribution is -1.89. The van der Waals surface area contributed by atoms with E-state index in [1.54, 1.807) is 16.2 Å². The van der Waals surface area contributed by atoms with E-state index in [2.05, 4.69) is 64.1 Å². The summed E-state index contributed by atoms with van der Waals surface area (Å²) in [4.78, 5) is 8.84. The number of fused-ring (bicyclic) bond motifs is 1. The van der Waals surface area contributed by atoms with Gasteiger partial charge in [0.25, 0.3) is 0 Å². The number of methoxy groups -OCH3 is 1. The van der Waals surface area contributed by atoms with E-state index in [-0.39, 0.29) is 0 Å². The summed E-state index contributed by atoms with van der Waals surface area (Å²) in [7, 11) is 3.24. The number of nitrogens with zero attached hydrogens (tertiary/aromatic N) is 3. The third-order valence-corrected chi connectivity index (χ3v) is 5.46. The minimum atomic E-state index is 0.614. The average Bonchev–Trinajstić information content (AvgIpc) is 2.78. The molecule has 0 atom stereocenters. The first-order valence-corrected chi connectivity index (χ1v) is 10.2. The highest BCUT2D eigenvalue weighted by Gasteiger charge is 2.17. The van der Waals surface area contributed by atoms with Crippen LogP contribution in [0.4, 0.5) is 0 Å². The molecule has 0 aliphatic carbocycles. The van der Waals surface area contributed by atoms with E-state index in [1.165, 1.54) is 0 Å². The van der Waals surface area contributed by atoms with Crippen molar-refractivity contribution in [2.45, 2.75) is 6.92 Å². The molecule has 0 saturated heterocycles. The van der Waals surface area contributed by atoms with Crippen LogP contribution in [0, 0.1) is 6.92 Å². The predicted octanol–water partition coefficient (Wildman–Crippen LogP) is 5.02. The molecule has 21 heavy (non-hydrogen) atoms. The fourth-order valence-corrected chi connectivity index (χ4v) is 4.51. The van der Waals surface area contributed by atoms with Gasteiger partial charge in [0, 0.05) is 75.5 Å². The van der Waals surface area contributed by atoms with Crippen molar-refractivity contribution in [1.82, 2.24) is 13.9 Å². The minimum Gasteiger partial charge on any atom is -0.481 e. The SMILES string of the molecule is COc1ccc(-c2c(C)n(SI)c3ncc(Br)cc23)cn1. The normalized spacial score (nSPS) is 11.0. The highest BCUT2D eigenvalue weighted by atomic mass is 127. The standard InChI is InChI=1S/C14H11BrIN3OS/c1-8-13(9-3-4-12(20-2)17-6-9)11-5-10(15)7-18-14(11)19(8)21-16/h3-7H,1-2H3. The van der Waals surface area contributed by atoms with Crippen molar-refractivity contribution in [2.75, 3.05) is 7.11 Å². The lowest BCUT2D eigenvalue weighted by Gasteiger charge is -2.04. The first-order chi connectivity index (χ1) is 10.2. The first-order valence-electron chi connectivity index (χ1n) is 6.11. The van der Waals surface area contributed by atoms with Gasteiger partial charge in [-0.3, -0.25) is 3.97 Å². The van der Waals surface area contributed by atoms with Gasteiger partial charge in [0.2, 0.25) is 5.88 Å². The zero-order chi connectivity index (χ0) is 15.0. The molecule has 0 aliphatic heterocycles. The van der Waals surface area contributed by atoms with Gasteiger partial charge < -0.3 is 4.74 Å². The van der Waals surface area contributed by atoms with Crippen LogP contribution in [0.3, 0.4) is 0 Å². The zero-order valence-electron chi connectivity index (χ0n) is 11.3. The number of hydrogen-bond acceptors (Lipinski definition) is 4. The van der Waals surface area contributed by atoms with Crippen molar-refractivity contribution in [3.63, 3.8) is 0 Å². The molecule has 0 aliphatic rings. The lowest BCUT2D eigenvalue weighted by molar-refractivity contribution is 0.398. The Morgan fingerprint density at radius 1 is 1.29 bits per heavy atom. The summed E-state index contributed by atoms with van der Waals surface area (Å²) in [6.45, 7) is 2.10. The van der Waals surface area contributed by atoms with Gasteiger partial charge in [-0.05, 0) is 35.0 Å². The highest BCUT2D eigenvalue weighted by Crippen LogP contribution is 2.38. The lowest BCUT2D eigenvalue weighted by atomic mass is 10.1. The van der Waals surface area contributed by atoms with Crippen LogP contribution < -0.4 is 4.74 Å². The summed E-state index contributed by atoms with van der Waals surface area (Å²) in [6.07, 6.45) is 3.66. The third kappa shape index (κ3) is 2.66. The number of halogens is 2. The molecular formula is C14H11BrIN3OS. The number of aromatic nitrogens is 3. The summed E-state index contributed by atoms with van der Waals surface area (Å²) in [5, 5.41) is 1.11. The average molecular weight is 476 g/mol. The second-order valence-electron chi connectivity index (χ2n) is 4.44. The summed E-state index contributed by atoms with van der Waals surface area (Å²) in [5.74, 6) is 0.614. The van der Waals surface area contributed by atoms with E-state index >= 15 is 0 Å². The molecule has 3 heterocycles. The highest BCUT2D eigenvalue weighted by molar-refractivity contribution is 14.2. The Morgan fingerprint density at radius 3 is 2.71 bits per heavy atom. The maximum absolute atomic E-state index is 5.13. The van der Waals surface area contributed by atoms with Gasteiger partial charge in [0.1, 0.15) is 0 Å². The molecule has 0 amide bonds. The second-order valence-corrected chi connectivity index (χ2v) is 7.04. The van der Waals surface area contributed by atoms with Crippen molar-refractivity contribution in [1.29, 1.82) is 0 Å². The van der Waals surface area contributed by atoms with Crippen LogP contribution in [-0.2, 0) is 0 Å². The van der Waals surface area contributed by atoms with Gasteiger partial charge in [-0.25, -0.2) is 9.97 Å². The zero-order valence-corrected chi connectivity index (χ0v) is 15.9. The number of ether oxygens (including phenoxy) is 1. The third-order valence-electron chi connectivity index (χ3n) is 3.26. The van der Waals surface area contributed by atoms with Gasteiger partial charge >= 0.3 is 0 Å². The molecule has 108 valence electrons. The van der Waals surface area contributed by atoms with Crippen molar-refractivity contribution in [3.8, 4) is 17.0 Å². The van der Waals surface area contributed by atoms with Crippen molar-refractivity contribution < 1.29 is 4.74 Å². The molecule has 0 bridgehead atoms. The summed E-state index contributed by atoms with van der Waals surface area (Å²) in [6, 6.07) is 6.00. The number of rotatable bonds is 3. The first kappa shape index (κ1) is 15.1. The maximum atomic E-state index is 5.13. The van der Waals surface area contributed by atoms with Crippen molar-refractivity contribution in [3.05, 3.63) is 40.8 Å². The molecule has 3 rings (SSSR count). The second kappa shape index (κ2) is 6.13. The molecule has 0 saturated carbocycles. The Kier molecular flexibility index (Phi) is 4.41. The number of hydrogen-bond donors (Lipinski definition) is 0. The Bertz CT molecular complexity index is 804. The molecular weight excluding hydrogens is 465 g/mol. The molecule has 0 N–H and O–H groups in total. The van der Waals surface area contributed by atoms with Crippen LogP contribution in [0.25, 0.3) is 22.2 Å². The van der Waals surface area contributed by atoms with Gasteiger partial charge in [-0.15, -0.1) is 0 Å². The maximum Gasteiger partial charge on any atom is 0.212 e. The van der Waals surface area contributed by atoms with E-state index in [9.17, 15) is 0 Å². The van der Waals surface area contributed by atoms with Crippen LogP contribution in [0.2, 0.25) is 0 Å². The van der Waals surface area contributed by atoms with Gasteiger partial charge in [-0.2, -0.15) is 0 Å². The van der Waals surface area contributed by atoms with E-state index in [1.807, 2.05) is 24.5 Å². The van der Waals surface area contributed by atoms with Crippen LogP contribution in [0.15, 0.2) is 35.1 Å². The van der Waals surface area contributed by atoms with E-state index in [0.29, 0.717) is 5.88 Å². The molecule has 3 aromatic rings. The molecule has 4 nitrogen and oxygen atoms in total.